The Morgan fingerprint density at radius 3 is 2.00 bits per heavy atom. The molecule has 84 valence electrons. The third-order valence-corrected chi connectivity index (χ3v) is 6.79. The fourth-order valence-corrected chi connectivity index (χ4v) is 5.23. The van der Waals surface area contributed by atoms with Crippen molar-refractivity contribution in [3.8, 4) is 0 Å². The molecule has 0 aromatic heterocycles. The summed E-state index contributed by atoms with van der Waals surface area (Å²) in [6, 6.07) is 0. The van der Waals surface area contributed by atoms with Crippen LogP contribution in [0.25, 0.3) is 0 Å². The Balaban J connectivity index is 2.50. The molecule has 0 aliphatic carbocycles. The first-order chi connectivity index (χ1) is 6.83. The van der Waals surface area contributed by atoms with Crippen molar-refractivity contribution < 1.29 is 15.1 Å². The molecule has 1 rings (SSSR count). The van der Waals surface area contributed by atoms with Crippen molar-refractivity contribution in [1.82, 2.24) is 5.32 Å². The molecule has 6 heteroatoms. The third-order valence-electron chi connectivity index (χ3n) is 1.76. The fourth-order valence-electron chi connectivity index (χ4n) is 1.22. The summed E-state index contributed by atoms with van der Waals surface area (Å²) in [4.78, 5) is 0. The Hall–Kier alpha value is 0.343. The molecule has 0 spiro atoms. The zero-order valence-electron chi connectivity index (χ0n) is 8.88. The van der Waals surface area contributed by atoms with Crippen LogP contribution in [0.5, 0.6) is 0 Å². The molecule has 0 bridgehead atoms. The molecule has 0 saturated carbocycles. The summed E-state index contributed by atoms with van der Waals surface area (Å²) < 4.78 is 22.3. The van der Waals surface area contributed by atoms with E-state index in [0.29, 0.717) is 26.4 Å². The van der Waals surface area contributed by atoms with Gasteiger partial charge in [0, 0.05) is 0 Å². The summed E-state index contributed by atoms with van der Waals surface area (Å²) >= 11 is -3.34. The van der Waals surface area contributed by atoms with E-state index in [4.69, 9.17) is 15.1 Å². The molecule has 0 aromatic carbocycles. The molecule has 5 nitrogen and oxygen atoms in total. The summed E-state index contributed by atoms with van der Waals surface area (Å²) in [5, 5.41) is 3.18. The minimum atomic E-state index is -3.34. The molecule has 0 amide bonds. The van der Waals surface area contributed by atoms with Crippen LogP contribution < -0.4 is 5.32 Å². The van der Waals surface area contributed by atoms with Gasteiger partial charge in [-0.2, -0.15) is 0 Å². The maximum absolute atomic E-state index is 5.61. The molecule has 1 N–H and O–H groups in total. The van der Waals surface area contributed by atoms with Gasteiger partial charge in [0.25, 0.3) is 0 Å². The van der Waals surface area contributed by atoms with Gasteiger partial charge in [-0.1, -0.05) is 0 Å². The van der Waals surface area contributed by atoms with Crippen molar-refractivity contribution in [2.75, 3.05) is 39.5 Å². The van der Waals surface area contributed by atoms with Gasteiger partial charge in [0.15, 0.2) is 0 Å². The SMILES string of the molecule is CC[O][Ge]1([O]CC)[O]CCNCC[O]1. The summed E-state index contributed by atoms with van der Waals surface area (Å²) in [5.41, 5.74) is 0. The first kappa shape index (κ1) is 12.4. The average molecular weight is 266 g/mol. The van der Waals surface area contributed by atoms with Crippen LogP contribution in [0.1, 0.15) is 13.8 Å². The van der Waals surface area contributed by atoms with Crippen molar-refractivity contribution in [2.45, 2.75) is 13.8 Å². The van der Waals surface area contributed by atoms with Crippen LogP contribution >= 0.6 is 0 Å². The van der Waals surface area contributed by atoms with Crippen LogP contribution in [-0.4, -0.2) is 54.1 Å². The molecular weight excluding hydrogens is 247 g/mol. The van der Waals surface area contributed by atoms with Crippen LogP contribution in [0.4, 0.5) is 0 Å². The Morgan fingerprint density at radius 1 is 1.07 bits per heavy atom. The van der Waals surface area contributed by atoms with Gasteiger partial charge in [0.2, 0.25) is 0 Å². The van der Waals surface area contributed by atoms with E-state index in [1.54, 1.807) is 0 Å². The molecule has 14 heavy (non-hydrogen) atoms. The van der Waals surface area contributed by atoms with Crippen LogP contribution in [0.2, 0.25) is 0 Å². The van der Waals surface area contributed by atoms with E-state index in [-0.39, 0.29) is 0 Å². The van der Waals surface area contributed by atoms with E-state index < -0.39 is 14.6 Å². The van der Waals surface area contributed by atoms with Crippen LogP contribution in [0.15, 0.2) is 0 Å². The standard InChI is InChI=1S/C8H19GeNO4/c1-3-11-9(12-4-2)13-7-5-10-6-8-14-9/h10H,3-8H2,1-2H3. The zero-order valence-corrected chi connectivity index (χ0v) is 11.0. The van der Waals surface area contributed by atoms with E-state index in [9.17, 15) is 0 Å². The van der Waals surface area contributed by atoms with Crippen LogP contribution in [0, 0.1) is 0 Å². The summed E-state index contributed by atoms with van der Waals surface area (Å²) in [6.45, 7) is 7.86. The number of rotatable bonds is 4. The van der Waals surface area contributed by atoms with Gasteiger partial charge in [-0.05, 0) is 0 Å². The van der Waals surface area contributed by atoms with Gasteiger partial charge in [0.1, 0.15) is 0 Å². The second-order valence-electron chi connectivity index (χ2n) is 2.81. The maximum atomic E-state index is 5.61. The van der Waals surface area contributed by atoms with Crippen molar-refractivity contribution in [2.24, 2.45) is 0 Å². The molecule has 0 radical (unpaired) electrons. The zero-order chi connectivity index (χ0) is 10.3. The molecule has 1 aliphatic rings. The van der Waals surface area contributed by atoms with Crippen LogP contribution in [-0.2, 0) is 15.1 Å². The van der Waals surface area contributed by atoms with Crippen LogP contribution in [0.3, 0.4) is 0 Å². The normalized spacial score (nSPS) is 22.7. The van der Waals surface area contributed by atoms with E-state index >= 15 is 0 Å². The molecule has 1 aliphatic heterocycles. The van der Waals surface area contributed by atoms with E-state index in [1.165, 1.54) is 0 Å². The first-order valence-corrected chi connectivity index (χ1v) is 8.52. The molecule has 0 atom stereocenters. The summed E-state index contributed by atoms with van der Waals surface area (Å²) in [7, 11) is 0. The number of nitrogens with one attached hydrogen (secondary N) is 1. The fraction of sp³-hybridized carbons (Fsp3) is 1.00. The molecule has 1 saturated heterocycles. The molecule has 1 heterocycles. The van der Waals surface area contributed by atoms with Gasteiger partial charge < -0.3 is 0 Å². The Morgan fingerprint density at radius 2 is 1.57 bits per heavy atom. The van der Waals surface area contributed by atoms with Crippen molar-refractivity contribution in [3.63, 3.8) is 0 Å². The van der Waals surface area contributed by atoms with Crippen molar-refractivity contribution >= 4 is 14.6 Å². The average Bonchev–Trinajstić information content (AvgIpc) is 2.12. The van der Waals surface area contributed by atoms with Gasteiger partial charge in [-0.15, -0.1) is 0 Å². The van der Waals surface area contributed by atoms with Gasteiger partial charge in [-0.3, -0.25) is 0 Å². The summed E-state index contributed by atoms with van der Waals surface area (Å²) in [6.07, 6.45) is 0. The van der Waals surface area contributed by atoms with Crippen molar-refractivity contribution in [1.29, 1.82) is 0 Å². The van der Waals surface area contributed by atoms with Gasteiger partial charge in [0.05, 0.1) is 0 Å². The summed E-state index contributed by atoms with van der Waals surface area (Å²) in [5.74, 6) is 0. The minimum absolute atomic E-state index is 0.577. The predicted molar refractivity (Wildman–Crippen MR) is 53.8 cm³/mol. The van der Waals surface area contributed by atoms with E-state index in [2.05, 4.69) is 5.32 Å². The monoisotopic (exact) mass is 267 g/mol. The molecule has 1 fully saturated rings. The van der Waals surface area contributed by atoms with Gasteiger partial charge in [-0.25, -0.2) is 0 Å². The second-order valence-corrected chi connectivity index (χ2v) is 7.33. The topological polar surface area (TPSA) is 49.0 Å². The van der Waals surface area contributed by atoms with E-state index in [0.717, 1.165) is 13.1 Å². The number of hydrogen-bond donors (Lipinski definition) is 1. The van der Waals surface area contributed by atoms with Crippen molar-refractivity contribution in [3.05, 3.63) is 0 Å². The van der Waals surface area contributed by atoms with Gasteiger partial charge >= 0.3 is 88.3 Å². The van der Waals surface area contributed by atoms with E-state index in [1.807, 2.05) is 13.8 Å². The number of hydrogen-bond acceptors (Lipinski definition) is 5. The Labute approximate surface area is 88.8 Å². The third kappa shape index (κ3) is 3.84. The molecular formula is C8H19GeNO4. The molecule has 0 unspecified atom stereocenters. The molecule has 0 aromatic rings. The predicted octanol–water partition coefficient (Wildman–Crippen LogP) is 0.131. The first-order valence-electron chi connectivity index (χ1n) is 5.09. The Bertz CT molecular complexity index is 142. The second kappa shape index (κ2) is 6.76. The quantitative estimate of drug-likeness (QED) is 0.733. The Kier molecular flexibility index (Phi) is 5.99.